The van der Waals surface area contributed by atoms with Crippen LogP contribution in [0.2, 0.25) is 0 Å². The van der Waals surface area contributed by atoms with Crippen LogP contribution in [-0.2, 0) is 9.53 Å². The zero-order valence-electron chi connectivity index (χ0n) is 11.8. The third kappa shape index (κ3) is 2.86. The maximum atomic E-state index is 12.1. The van der Waals surface area contributed by atoms with E-state index in [2.05, 4.69) is 0 Å². The van der Waals surface area contributed by atoms with Crippen molar-refractivity contribution in [1.82, 2.24) is 0 Å². The molecule has 0 amide bonds. The number of hydrogen-bond donors (Lipinski definition) is 0. The number of rotatable bonds is 5. The fourth-order valence-electron chi connectivity index (χ4n) is 1.98. The Bertz CT molecular complexity index is 505. The average Bonchev–Trinajstić information content (AvgIpc) is 2.38. The van der Waals surface area contributed by atoms with Crippen LogP contribution in [0.15, 0.2) is 6.07 Å². The van der Waals surface area contributed by atoms with E-state index in [0.29, 0.717) is 28.2 Å². The lowest BCUT2D eigenvalue weighted by Gasteiger charge is -2.15. The highest BCUT2D eigenvalue weighted by atomic mass is 16.5. The molecule has 0 heterocycles. The van der Waals surface area contributed by atoms with Gasteiger partial charge in [-0.1, -0.05) is 0 Å². The lowest BCUT2D eigenvalue weighted by atomic mass is 9.97. The van der Waals surface area contributed by atoms with Crippen molar-refractivity contribution in [3.63, 3.8) is 0 Å². The molecule has 0 bridgehead atoms. The molecular weight excluding hydrogens is 248 g/mol. The van der Waals surface area contributed by atoms with Crippen molar-refractivity contribution in [2.45, 2.75) is 20.8 Å². The van der Waals surface area contributed by atoms with Gasteiger partial charge in [-0.05, 0) is 32.4 Å². The molecule has 5 heteroatoms. The number of carbonyl (C=O) groups excluding carboxylic acids is 2. The van der Waals surface area contributed by atoms with Crippen LogP contribution >= 0.6 is 0 Å². The fraction of sp³-hybridized carbons (Fsp3) is 0.429. The molecule has 0 atom stereocenters. The number of carbonyl (C=O) groups is 2. The van der Waals surface area contributed by atoms with E-state index in [9.17, 15) is 9.59 Å². The van der Waals surface area contributed by atoms with Gasteiger partial charge in [-0.15, -0.1) is 0 Å². The number of hydrogen-bond acceptors (Lipinski definition) is 5. The first kappa shape index (κ1) is 15.0. The van der Waals surface area contributed by atoms with E-state index >= 15 is 0 Å². The molecule has 0 saturated heterocycles. The van der Waals surface area contributed by atoms with Crippen LogP contribution in [0.5, 0.6) is 11.5 Å². The summed E-state index contributed by atoms with van der Waals surface area (Å²) in [5.41, 5.74) is 1.52. The normalized spacial score (nSPS) is 9.95. The lowest BCUT2D eigenvalue weighted by molar-refractivity contribution is -0.137. The molecule has 1 aromatic carbocycles. The van der Waals surface area contributed by atoms with E-state index in [4.69, 9.17) is 14.2 Å². The second-order valence-electron chi connectivity index (χ2n) is 3.98. The third-order valence-electron chi connectivity index (χ3n) is 2.79. The SMILES string of the molecule is CCOC(=O)C(=O)c1c(C)cc(OC)c(OC)c1C. The van der Waals surface area contributed by atoms with Gasteiger partial charge in [0, 0.05) is 11.1 Å². The molecule has 1 aromatic rings. The summed E-state index contributed by atoms with van der Waals surface area (Å²) in [6, 6.07) is 1.66. The summed E-state index contributed by atoms with van der Waals surface area (Å²) >= 11 is 0. The van der Waals surface area contributed by atoms with Crippen molar-refractivity contribution in [1.29, 1.82) is 0 Å². The maximum Gasteiger partial charge on any atom is 0.379 e. The molecule has 0 aliphatic carbocycles. The molecule has 0 spiro atoms. The van der Waals surface area contributed by atoms with Gasteiger partial charge in [-0.2, -0.15) is 0 Å². The summed E-state index contributed by atoms with van der Waals surface area (Å²) in [6.07, 6.45) is 0. The molecule has 0 aliphatic rings. The number of methoxy groups -OCH3 is 2. The average molecular weight is 266 g/mol. The summed E-state index contributed by atoms with van der Waals surface area (Å²) in [6.45, 7) is 5.26. The number of aryl methyl sites for hydroxylation is 1. The standard InChI is InChI=1S/C14H18O5/c1-6-19-14(16)12(15)11-8(2)7-10(17-4)13(18-5)9(11)3/h7H,6H2,1-5H3. The number of ether oxygens (including phenoxy) is 3. The van der Waals surface area contributed by atoms with Crippen molar-refractivity contribution >= 4 is 11.8 Å². The van der Waals surface area contributed by atoms with Gasteiger partial charge in [0.1, 0.15) is 0 Å². The summed E-state index contributed by atoms with van der Waals surface area (Å²) < 4.78 is 15.1. The maximum absolute atomic E-state index is 12.1. The van der Waals surface area contributed by atoms with Gasteiger partial charge in [-0.25, -0.2) is 4.79 Å². The minimum Gasteiger partial charge on any atom is -0.493 e. The largest absolute Gasteiger partial charge is 0.493 e. The molecule has 1 rings (SSSR count). The van der Waals surface area contributed by atoms with Gasteiger partial charge in [0.2, 0.25) is 0 Å². The van der Waals surface area contributed by atoms with Crippen LogP contribution in [0.25, 0.3) is 0 Å². The molecule has 0 aliphatic heterocycles. The molecular formula is C14H18O5. The first-order chi connectivity index (χ1) is 8.97. The summed E-state index contributed by atoms with van der Waals surface area (Å²) in [5, 5.41) is 0. The topological polar surface area (TPSA) is 61.8 Å². The van der Waals surface area contributed by atoms with Gasteiger partial charge >= 0.3 is 5.97 Å². The number of Topliss-reactive ketones (excluding diaryl/α,β-unsaturated/α-hetero) is 1. The monoisotopic (exact) mass is 266 g/mol. The van der Waals surface area contributed by atoms with Crippen molar-refractivity contribution in [2.24, 2.45) is 0 Å². The molecule has 0 unspecified atom stereocenters. The Labute approximate surface area is 112 Å². The van der Waals surface area contributed by atoms with Crippen LogP contribution < -0.4 is 9.47 Å². The van der Waals surface area contributed by atoms with Crippen LogP contribution in [0.4, 0.5) is 0 Å². The van der Waals surface area contributed by atoms with E-state index in [-0.39, 0.29) is 6.61 Å². The van der Waals surface area contributed by atoms with Gasteiger partial charge in [0.15, 0.2) is 11.5 Å². The van der Waals surface area contributed by atoms with Crippen LogP contribution in [0, 0.1) is 13.8 Å². The Morgan fingerprint density at radius 2 is 1.79 bits per heavy atom. The predicted octanol–water partition coefficient (Wildman–Crippen LogP) is 2.07. The van der Waals surface area contributed by atoms with Crippen LogP contribution in [-0.4, -0.2) is 32.6 Å². The molecule has 0 N–H and O–H groups in total. The van der Waals surface area contributed by atoms with Crippen molar-refractivity contribution < 1.29 is 23.8 Å². The smallest absolute Gasteiger partial charge is 0.379 e. The van der Waals surface area contributed by atoms with E-state index < -0.39 is 11.8 Å². The first-order valence-corrected chi connectivity index (χ1v) is 5.91. The lowest BCUT2D eigenvalue weighted by Crippen LogP contribution is -2.20. The molecule has 0 radical (unpaired) electrons. The van der Waals surface area contributed by atoms with Gasteiger partial charge in [0.05, 0.1) is 20.8 Å². The number of ketones is 1. The molecule has 0 fully saturated rings. The molecule has 104 valence electrons. The zero-order chi connectivity index (χ0) is 14.6. The minimum atomic E-state index is -0.860. The second-order valence-corrected chi connectivity index (χ2v) is 3.98. The minimum absolute atomic E-state index is 0.163. The van der Waals surface area contributed by atoms with Crippen molar-refractivity contribution in [2.75, 3.05) is 20.8 Å². The molecule has 0 aromatic heterocycles. The third-order valence-corrected chi connectivity index (χ3v) is 2.79. The Morgan fingerprint density at radius 1 is 1.16 bits per heavy atom. The van der Waals surface area contributed by atoms with Gasteiger partial charge in [0.25, 0.3) is 5.78 Å². The van der Waals surface area contributed by atoms with Crippen molar-refractivity contribution in [3.05, 3.63) is 22.8 Å². The quantitative estimate of drug-likeness (QED) is 0.464. The van der Waals surface area contributed by atoms with E-state index in [0.717, 1.165) is 0 Å². The highest BCUT2D eigenvalue weighted by Crippen LogP contribution is 2.35. The second kappa shape index (κ2) is 6.22. The van der Waals surface area contributed by atoms with Crippen LogP contribution in [0.3, 0.4) is 0 Å². The summed E-state index contributed by atoms with van der Waals surface area (Å²) in [5.74, 6) is -0.558. The Hall–Kier alpha value is -2.04. The van der Waals surface area contributed by atoms with Crippen LogP contribution in [0.1, 0.15) is 28.4 Å². The number of benzene rings is 1. The number of esters is 1. The Morgan fingerprint density at radius 3 is 2.26 bits per heavy atom. The molecule has 5 nitrogen and oxygen atoms in total. The van der Waals surface area contributed by atoms with Gasteiger partial charge < -0.3 is 14.2 Å². The predicted molar refractivity (Wildman–Crippen MR) is 70.0 cm³/mol. The first-order valence-electron chi connectivity index (χ1n) is 5.91. The molecule has 0 saturated carbocycles. The highest BCUT2D eigenvalue weighted by Gasteiger charge is 2.25. The summed E-state index contributed by atoms with van der Waals surface area (Å²) in [4.78, 5) is 23.6. The highest BCUT2D eigenvalue weighted by molar-refractivity contribution is 6.41. The van der Waals surface area contributed by atoms with Gasteiger partial charge in [-0.3, -0.25) is 4.79 Å². The fourth-order valence-corrected chi connectivity index (χ4v) is 1.98. The zero-order valence-corrected chi connectivity index (χ0v) is 11.8. The van der Waals surface area contributed by atoms with Crippen molar-refractivity contribution in [3.8, 4) is 11.5 Å². The van der Waals surface area contributed by atoms with E-state index in [1.807, 2.05) is 0 Å². The Balaban J connectivity index is 3.36. The Kier molecular flexibility index (Phi) is 4.92. The van der Waals surface area contributed by atoms with E-state index in [1.165, 1.54) is 14.2 Å². The summed E-state index contributed by atoms with van der Waals surface area (Å²) in [7, 11) is 3.00. The molecule has 19 heavy (non-hydrogen) atoms. The van der Waals surface area contributed by atoms with E-state index in [1.54, 1.807) is 26.8 Å².